The van der Waals surface area contributed by atoms with Crippen molar-refractivity contribution < 1.29 is 9.90 Å². The molecule has 1 aromatic rings. The van der Waals surface area contributed by atoms with Gasteiger partial charge in [0, 0.05) is 35.8 Å². The summed E-state index contributed by atoms with van der Waals surface area (Å²) in [5, 5.41) is 9.04. The van der Waals surface area contributed by atoms with Crippen LogP contribution in [-0.2, 0) is 0 Å². The fourth-order valence-corrected chi connectivity index (χ4v) is 3.64. The molecule has 2 aliphatic rings. The maximum absolute atomic E-state index is 11.0. The molecular formula is C14H17BrN2O2. The molecule has 1 N–H and O–H groups in total. The number of nitrogens with zero attached hydrogens (tertiary/aromatic N) is 2. The van der Waals surface area contributed by atoms with Crippen LogP contribution in [0, 0.1) is 0 Å². The van der Waals surface area contributed by atoms with Crippen LogP contribution >= 0.6 is 15.9 Å². The number of carboxylic acid groups (broad SMARTS) is 1. The van der Waals surface area contributed by atoms with Gasteiger partial charge in [-0.1, -0.05) is 0 Å². The Morgan fingerprint density at radius 2 is 2.16 bits per heavy atom. The van der Waals surface area contributed by atoms with Crippen LogP contribution in [0.1, 0.15) is 23.2 Å². The lowest BCUT2D eigenvalue weighted by atomic mass is 10.1. The maximum Gasteiger partial charge on any atom is 0.336 e. The van der Waals surface area contributed by atoms with Crippen molar-refractivity contribution in [2.45, 2.75) is 18.9 Å². The first-order valence-electron chi connectivity index (χ1n) is 6.67. The van der Waals surface area contributed by atoms with Gasteiger partial charge in [-0.25, -0.2) is 4.79 Å². The van der Waals surface area contributed by atoms with Crippen molar-refractivity contribution in [3.05, 3.63) is 28.2 Å². The van der Waals surface area contributed by atoms with Gasteiger partial charge in [0.1, 0.15) is 0 Å². The van der Waals surface area contributed by atoms with E-state index in [1.54, 1.807) is 6.07 Å². The van der Waals surface area contributed by atoms with Gasteiger partial charge >= 0.3 is 5.97 Å². The average Bonchev–Trinajstić information content (AvgIpc) is 2.85. The lowest BCUT2D eigenvalue weighted by molar-refractivity contribution is 0.0696. The topological polar surface area (TPSA) is 43.8 Å². The van der Waals surface area contributed by atoms with Crippen LogP contribution in [0.5, 0.6) is 0 Å². The molecule has 2 fully saturated rings. The number of benzene rings is 1. The zero-order valence-electron chi connectivity index (χ0n) is 10.7. The first-order chi connectivity index (χ1) is 9.15. The van der Waals surface area contributed by atoms with E-state index >= 15 is 0 Å². The number of piperazine rings is 1. The molecule has 3 rings (SSSR count). The molecular weight excluding hydrogens is 308 g/mol. The van der Waals surface area contributed by atoms with Gasteiger partial charge in [0.2, 0.25) is 0 Å². The minimum atomic E-state index is -0.890. The standard InChI is InChI=1S/C14H17BrN2O2/c15-13-8-10(3-4-12(13)14(18)19)17-7-6-16-5-1-2-11(16)9-17/h3-4,8,11H,1-2,5-7,9H2,(H,18,19). The zero-order valence-corrected chi connectivity index (χ0v) is 12.3. The quantitative estimate of drug-likeness (QED) is 0.907. The molecule has 0 aliphatic carbocycles. The van der Waals surface area contributed by atoms with Crippen LogP contribution in [0.2, 0.25) is 0 Å². The first-order valence-corrected chi connectivity index (χ1v) is 7.46. The molecule has 0 aromatic heterocycles. The fourth-order valence-electron chi connectivity index (χ4n) is 3.10. The lowest BCUT2D eigenvalue weighted by Crippen LogP contribution is -2.50. The van der Waals surface area contributed by atoms with Crippen molar-refractivity contribution in [2.75, 3.05) is 31.1 Å². The van der Waals surface area contributed by atoms with E-state index in [2.05, 4.69) is 25.7 Å². The third kappa shape index (κ3) is 2.49. The van der Waals surface area contributed by atoms with Crippen LogP contribution in [-0.4, -0.2) is 48.2 Å². The second kappa shape index (κ2) is 5.13. The van der Waals surface area contributed by atoms with E-state index in [4.69, 9.17) is 5.11 Å². The Bertz CT molecular complexity index is 506. The van der Waals surface area contributed by atoms with Crippen molar-refractivity contribution in [1.29, 1.82) is 0 Å². The number of carbonyl (C=O) groups is 1. The van der Waals surface area contributed by atoms with Crippen molar-refractivity contribution in [2.24, 2.45) is 0 Å². The third-order valence-electron chi connectivity index (χ3n) is 4.14. The second-order valence-electron chi connectivity index (χ2n) is 5.25. The van der Waals surface area contributed by atoms with Crippen molar-refractivity contribution >= 4 is 27.6 Å². The average molecular weight is 325 g/mol. The Morgan fingerprint density at radius 1 is 1.32 bits per heavy atom. The van der Waals surface area contributed by atoms with E-state index in [1.807, 2.05) is 12.1 Å². The van der Waals surface area contributed by atoms with Crippen LogP contribution in [0.25, 0.3) is 0 Å². The summed E-state index contributed by atoms with van der Waals surface area (Å²) in [6.07, 6.45) is 2.59. The summed E-state index contributed by atoms with van der Waals surface area (Å²) in [5.74, 6) is -0.890. The molecule has 1 aromatic carbocycles. The number of halogens is 1. The summed E-state index contributed by atoms with van der Waals surface area (Å²) in [7, 11) is 0. The van der Waals surface area contributed by atoms with Crippen molar-refractivity contribution in [1.82, 2.24) is 4.90 Å². The Morgan fingerprint density at radius 3 is 2.89 bits per heavy atom. The monoisotopic (exact) mass is 324 g/mol. The highest BCUT2D eigenvalue weighted by Gasteiger charge is 2.30. The second-order valence-corrected chi connectivity index (χ2v) is 6.10. The zero-order chi connectivity index (χ0) is 13.4. The van der Waals surface area contributed by atoms with Crippen molar-refractivity contribution in [3.63, 3.8) is 0 Å². The number of anilines is 1. The summed E-state index contributed by atoms with van der Waals surface area (Å²) >= 11 is 3.35. The Hall–Kier alpha value is -1.07. The van der Waals surface area contributed by atoms with E-state index in [-0.39, 0.29) is 0 Å². The van der Waals surface area contributed by atoms with Crippen LogP contribution < -0.4 is 4.90 Å². The molecule has 102 valence electrons. The van der Waals surface area contributed by atoms with Gasteiger partial charge in [-0.3, -0.25) is 4.90 Å². The first kappa shape index (κ1) is 12.9. The molecule has 2 saturated heterocycles. The summed E-state index contributed by atoms with van der Waals surface area (Å²) in [6.45, 7) is 4.43. The Kier molecular flexibility index (Phi) is 3.50. The molecule has 5 heteroatoms. The van der Waals surface area contributed by atoms with Crippen LogP contribution in [0.15, 0.2) is 22.7 Å². The van der Waals surface area contributed by atoms with E-state index in [9.17, 15) is 4.79 Å². The minimum absolute atomic E-state index is 0.322. The number of hydrogen-bond acceptors (Lipinski definition) is 3. The summed E-state index contributed by atoms with van der Waals surface area (Å²) < 4.78 is 0.659. The molecule has 0 bridgehead atoms. The van der Waals surface area contributed by atoms with Gasteiger partial charge in [-0.05, 0) is 53.5 Å². The van der Waals surface area contributed by atoms with Gasteiger partial charge in [-0.2, -0.15) is 0 Å². The fraction of sp³-hybridized carbons (Fsp3) is 0.500. The molecule has 4 nitrogen and oxygen atoms in total. The van der Waals surface area contributed by atoms with E-state index in [0.717, 1.165) is 25.3 Å². The SMILES string of the molecule is O=C(O)c1ccc(N2CCN3CCCC3C2)cc1Br. The number of carboxylic acids is 1. The minimum Gasteiger partial charge on any atom is -0.478 e. The highest BCUT2D eigenvalue weighted by Crippen LogP contribution is 2.28. The molecule has 1 atom stereocenters. The summed E-state index contributed by atoms with van der Waals surface area (Å²) in [6, 6.07) is 6.20. The van der Waals surface area contributed by atoms with Gasteiger partial charge in [0.25, 0.3) is 0 Å². The van der Waals surface area contributed by atoms with E-state index in [1.165, 1.54) is 19.4 Å². The number of rotatable bonds is 2. The van der Waals surface area contributed by atoms with E-state index < -0.39 is 5.97 Å². The van der Waals surface area contributed by atoms with Gasteiger partial charge < -0.3 is 10.0 Å². The normalized spacial score (nSPS) is 23.4. The van der Waals surface area contributed by atoms with Gasteiger partial charge in [0.05, 0.1) is 5.56 Å². The lowest BCUT2D eigenvalue weighted by Gasteiger charge is -2.39. The van der Waals surface area contributed by atoms with Gasteiger partial charge in [-0.15, -0.1) is 0 Å². The Labute approximate surface area is 121 Å². The highest BCUT2D eigenvalue weighted by atomic mass is 79.9. The number of hydrogen-bond donors (Lipinski definition) is 1. The van der Waals surface area contributed by atoms with Crippen LogP contribution in [0.3, 0.4) is 0 Å². The molecule has 0 saturated carbocycles. The van der Waals surface area contributed by atoms with Gasteiger partial charge in [0.15, 0.2) is 0 Å². The van der Waals surface area contributed by atoms with Crippen molar-refractivity contribution in [3.8, 4) is 0 Å². The predicted molar refractivity (Wildman–Crippen MR) is 77.9 cm³/mol. The molecule has 0 amide bonds. The molecule has 2 heterocycles. The Balaban J connectivity index is 1.79. The molecule has 0 radical (unpaired) electrons. The predicted octanol–water partition coefficient (Wildman–Crippen LogP) is 2.43. The largest absolute Gasteiger partial charge is 0.478 e. The summed E-state index contributed by atoms with van der Waals surface area (Å²) in [4.78, 5) is 15.9. The van der Waals surface area contributed by atoms with E-state index in [0.29, 0.717) is 16.1 Å². The highest BCUT2D eigenvalue weighted by molar-refractivity contribution is 9.10. The summed E-state index contributed by atoms with van der Waals surface area (Å²) in [5.41, 5.74) is 1.44. The molecule has 1 unspecified atom stereocenters. The van der Waals surface area contributed by atoms with Crippen LogP contribution in [0.4, 0.5) is 5.69 Å². The number of fused-ring (bicyclic) bond motifs is 1. The number of aromatic carboxylic acids is 1. The third-order valence-corrected chi connectivity index (χ3v) is 4.79. The smallest absolute Gasteiger partial charge is 0.336 e. The maximum atomic E-state index is 11.0. The molecule has 2 aliphatic heterocycles. The molecule has 0 spiro atoms. The molecule has 19 heavy (non-hydrogen) atoms.